The van der Waals surface area contributed by atoms with Gasteiger partial charge in [-0.1, -0.05) is 0 Å². The van der Waals surface area contributed by atoms with Crippen molar-refractivity contribution in [3.63, 3.8) is 0 Å². The van der Waals surface area contributed by atoms with Crippen LogP contribution >= 0.6 is 11.3 Å². The van der Waals surface area contributed by atoms with E-state index < -0.39 is 0 Å². The van der Waals surface area contributed by atoms with Crippen LogP contribution in [0.1, 0.15) is 28.1 Å². The molecule has 0 amide bonds. The minimum atomic E-state index is 0.826. The fourth-order valence-corrected chi connectivity index (χ4v) is 2.97. The van der Waals surface area contributed by atoms with Crippen molar-refractivity contribution in [3.8, 4) is 0 Å². The van der Waals surface area contributed by atoms with Crippen LogP contribution in [-0.4, -0.2) is 4.98 Å². The molecule has 1 aliphatic carbocycles. The first-order valence-corrected chi connectivity index (χ1v) is 6.61. The van der Waals surface area contributed by atoms with Crippen LogP contribution in [0, 0.1) is 6.92 Å². The van der Waals surface area contributed by atoms with Crippen molar-refractivity contribution < 1.29 is 0 Å². The summed E-state index contributed by atoms with van der Waals surface area (Å²) in [5, 5.41) is 2.15. The number of nitrogens with zero attached hydrogens (tertiary/aromatic N) is 1. The third-order valence-electron chi connectivity index (χ3n) is 3.20. The molecule has 0 aromatic carbocycles. The first-order valence-electron chi connectivity index (χ1n) is 5.73. The number of nitrogen functional groups attached to an aromatic ring is 1. The van der Waals surface area contributed by atoms with Crippen molar-refractivity contribution in [2.24, 2.45) is 0 Å². The molecule has 2 aromatic heterocycles. The number of hydrogen-bond acceptors (Lipinski definition) is 3. The van der Waals surface area contributed by atoms with Crippen LogP contribution in [0.25, 0.3) is 11.6 Å². The highest BCUT2D eigenvalue weighted by Gasteiger charge is 2.13. The van der Waals surface area contributed by atoms with Gasteiger partial charge in [0.15, 0.2) is 0 Å². The lowest BCUT2D eigenvalue weighted by Gasteiger charge is -2.13. The number of rotatable bonds is 1. The monoisotopic (exact) mass is 242 g/mol. The predicted molar refractivity (Wildman–Crippen MR) is 73.9 cm³/mol. The van der Waals surface area contributed by atoms with E-state index >= 15 is 0 Å². The largest absolute Gasteiger partial charge is 0.398 e. The Labute approximate surface area is 105 Å². The van der Waals surface area contributed by atoms with Crippen molar-refractivity contribution in [2.45, 2.75) is 19.8 Å². The summed E-state index contributed by atoms with van der Waals surface area (Å²) in [5.41, 5.74) is 11.5. The fraction of sp³-hybridized carbons (Fsp3) is 0.214. The third-order valence-corrected chi connectivity index (χ3v) is 4.20. The van der Waals surface area contributed by atoms with E-state index in [4.69, 9.17) is 5.73 Å². The second-order valence-corrected chi connectivity index (χ2v) is 5.40. The molecule has 1 aliphatic rings. The minimum absolute atomic E-state index is 0.826. The molecule has 0 radical (unpaired) electrons. The number of hydrogen-bond donors (Lipinski definition) is 1. The van der Waals surface area contributed by atoms with Crippen LogP contribution in [0.5, 0.6) is 0 Å². The van der Waals surface area contributed by atoms with Gasteiger partial charge in [-0.15, -0.1) is 11.3 Å². The summed E-state index contributed by atoms with van der Waals surface area (Å²) in [7, 11) is 0. The van der Waals surface area contributed by atoms with Gasteiger partial charge in [-0.05, 0) is 60.1 Å². The van der Waals surface area contributed by atoms with Crippen LogP contribution in [-0.2, 0) is 6.42 Å². The van der Waals surface area contributed by atoms with E-state index in [0.29, 0.717) is 0 Å². The molecule has 0 fully saturated rings. The van der Waals surface area contributed by atoms with Gasteiger partial charge in [0.05, 0.1) is 5.69 Å². The van der Waals surface area contributed by atoms with Gasteiger partial charge in [0.25, 0.3) is 0 Å². The molecule has 0 saturated heterocycles. The average molecular weight is 242 g/mol. The zero-order chi connectivity index (χ0) is 11.8. The van der Waals surface area contributed by atoms with Crippen molar-refractivity contribution >= 4 is 28.7 Å². The Hall–Kier alpha value is -1.61. The molecular formula is C14H14N2S. The number of aromatic nitrogens is 1. The van der Waals surface area contributed by atoms with E-state index in [1.54, 1.807) is 0 Å². The lowest BCUT2D eigenvalue weighted by molar-refractivity contribution is 1.02. The summed E-state index contributed by atoms with van der Waals surface area (Å²) in [6.07, 6.45) is 6.28. The van der Waals surface area contributed by atoms with Gasteiger partial charge in [0.1, 0.15) is 0 Å². The first-order chi connectivity index (χ1) is 8.24. The molecule has 0 aliphatic heterocycles. The van der Waals surface area contributed by atoms with Gasteiger partial charge < -0.3 is 5.73 Å². The van der Waals surface area contributed by atoms with Crippen LogP contribution < -0.4 is 5.73 Å². The number of nitrogens with two attached hydrogens (primary N) is 1. The van der Waals surface area contributed by atoms with Crippen LogP contribution in [0.2, 0.25) is 0 Å². The summed E-state index contributed by atoms with van der Waals surface area (Å²) >= 11 is 1.84. The van der Waals surface area contributed by atoms with E-state index in [1.807, 2.05) is 30.5 Å². The maximum absolute atomic E-state index is 5.94. The standard InChI is InChI=1S/C14H14N2S/c1-9-8-16-13(7-12(9)15)10-2-3-14-11(6-10)4-5-17-14/h4-8H,2-3H2,1H3,(H2,15,16). The van der Waals surface area contributed by atoms with Crippen molar-refractivity contribution in [3.05, 3.63) is 45.4 Å². The Kier molecular flexibility index (Phi) is 2.48. The SMILES string of the molecule is Cc1cnc(C2=Cc3ccsc3CC2)cc1N. The number of thiophene rings is 1. The predicted octanol–water partition coefficient (Wildman–Crippen LogP) is 3.52. The highest BCUT2D eigenvalue weighted by Crippen LogP contribution is 2.32. The molecule has 2 N–H and O–H groups in total. The Balaban J connectivity index is 2.03. The smallest absolute Gasteiger partial charge is 0.0682 e. The lowest BCUT2D eigenvalue weighted by Crippen LogP contribution is -1.99. The van der Waals surface area contributed by atoms with Crippen LogP contribution in [0.3, 0.4) is 0 Å². The third kappa shape index (κ3) is 1.87. The van der Waals surface area contributed by atoms with Gasteiger partial charge in [0.2, 0.25) is 0 Å². The van der Waals surface area contributed by atoms with E-state index in [0.717, 1.165) is 29.8 Å². The summed E-state index contributed by atoms with van der Waals surface area (Å²) in [4.78, 5) is 5.96. The molecule has 86 valence electrons. The maximum atomic E-state index is 5.94. The van der Waals surface area contributed by atoms with Gasteiger partial charge in [-0.25, -0.2) is 0 Å². The molecule has 0 saturated carbocycles. The van der Waals surface area contributed by atoms with Crippen molar-refractivity contribution in [2.75, 3.05) is 5.73 Å². The molecule has 2 aromatic rings. The Morgan fingerprint density at radius 3 is 3.06 bits per heavy atom. The minimum Gasteiger partial charge on any atom is -0.398 e. The summed E-state index contributed by atoms with van der Waals surface area (Å²) in [6.45, 7) is 1.98. The fourth-order valence-electron chi connectivity index (χ4n) is 2.11. The topological polar surface area (TPSA) is 38.9 Å². The number of fused-ring (bicyclic) bond motifs is 1. The summed E-state index contributed by atoms with van der Waals surface area (Å²) in [5.74, 6) is 0. The average Bonchev–Trinajstić information content (AvgIpc) is 2.79. The van der Waals surface area contributed by atoms with Crippen molar-refractivity contribution in [1.29, 1.82) is 0 Å². The van der Waals surface area contributed by atoms with E-state index in [9.17, 15) is 0 Å². The molecule has 2 heterocycles. The Morgan fingerprint density at radius 1 is 1.35 bits per heavy atom. The maximum Gasteiger partial charge on any atom is 0.0682 e. The number of pyridine rings is 1. The molecular weight excluding hydrogens is 228 g/mol. The lowest BCUT2D eigenvalue weighted by atomic mass is 9.96. The van der Waals surface area contributed by atoms with E-state index in [1.165, 1.54) is 16.0 Å². The van der Waals surface area contributed by atoms with Crippen molar-refractivity contribution in [1.82, 2.24) is 4.98 Å². The van der Waals surface area contributed by atoms with Gasteiger partial charge in [-0.3, -0.25) is 4.98 Å². The Bertz CT molecular complexity index is 596. The molecule has 0 bridgehead atoms. The normalized spacial score (nSPS) is 14.3. The number of aryl methyl sites for hydroxylation is 2. The summed E-state index contributed by atoms with van der Waals surface area (Å²) < 4.78 is 0. The molecule has 3 heteroatoms. The number of allylic oxidation sites excluding steroid dienone is 1. The van der Waals surface area contributed by atoms with Crippen LogP contribution in [0.15, 0.2) is 23.7 Å². The molecule has 0 unspecified atom stereocenters. The highest BCUT2D eigenvalue weighted by atomic mass is 32.1. The van der Waals surface area contributed by atoms with E-state index in [2.05, 4.69) is 22.5 Å². The zero-order valence-corrected chi connectivity index (χ0v) is 10.6. The first kappa shape index (κ1) is 10.5. The second-order valence-electron chi connectivity index (χ2n) is 4.39. The van der Waals surface area contributed by atoms with Gasteiger partial charge in [-0.2, -0.15) is 0 Å². The Morgan fingerprint density at radius 2 is 2.24 bits per heavy atom. The van der Waals surface area contributed by atoms with Gasteiger partial charge >= 0.3 is 0 Å². The number of anilines is 1. The highest BCUT2D eigenvalue weighted by molar-refractivity contribution is 7.10. The van der Waals surface area contributed by atoms with E-state index in [-0.39, 0.29) is 0 Å². The molecule has 0 atom stereocenters. The summed E-state index contributed by atoms with van der Waals surface area (Å²) in [6, 6.07) is 4.16. The molecule has 3 rings (SSSR count). The molecule has 0 spiro atoms. The molecule has 17 heavy (non-hydrogen) atoms. The van der Waals surface area contributed by atoms with Crippen LogP contribution in [0.4, 0.5) is 5.69 Å². The molecule has 2 nitrogen and oxygen atoms in total. The van der Waals surface area contributed by atoms with Gasteiger partial charge in [0, 0.05) is 16.8 Å². The zero-order valence-electron chi connectivity index (χ0n) is 9.73. The second kappa shape index (κ2) is 4.00. The quantitative estimate of drug-likeness (QED) is 0.831.